The van der Waals surface area contributed by atoms with E-state index in [0.29, 0.717) is 0 Å². The summed E-state index contributed by atoms with van der Waals surface area (Å²) in [5, 5.41) is 36.0. The minimum Gasteiger partial charge on any atom is -0.504 e. The van der Waals surface area contributed by atoms with Crippen molar-refractivity contribution >= 4 is 0 Å². The molecular weight excluding hydrogens is 174 g/mol. The molecular formula is C8H11NO4. The monoisotopic (exact) mass is 185 g/mol. The summed E-state index contributed by atoms with van der Waals surface area (Å²) in [6.07, 6.45) is 0. The molecule has 6 N–H and O–H groups in total. The van der Waals surface area contributed by atoms with E-state index in [1.54, 1.807) is 0 Å². The topological polar surface area (TPSA) is 107 Å². The van der Waals surface area contributed by atoms with Gasteiger partial charge in [0.2, 0.25) is 5.75 Å². The highest BCUT2D eigenvalue weighted by atomic mass is 16.3. The third-order valence-electron chi connectivity index (χ3n) is 1.76. The Balaban J connectivity index is 3.18. The molecule has 0 unspecified atom stereocenters. The second kappa shape index (κ2) is 3.51. The van der Waals surface area contributed by atoms with Crippen molar-refractivity contribution in [2.24, 2.45) is 5.73 Å². The maximum atomic E-state index is 9.28. The van der Waals surface area contributed by atoms with Crippen molar-refractivity contribution < 1.29 is 20.4 Å². The molecule has 0 saturated carbocycles. The standard InChI is InChI=1S/C8H11NO4/c9-5(3-10)4-1-2-6(11)8(13)7(4)12/h1-2,5,10-13H,3,9H2/t5-/m1/s1. The van der Waals surface area contributed by atoms with Crippen molar-refractivity contribution in [3.05, 3.63) is 17.7 Å². The van der Waals surface area contributed by atoms with Crippen molar-refractivity contribution in [1.29, 1.82) is 0 Å². The first-order chi connectivity index (χ1) is 6.07. The zero-order valence-corrected chi connectivity index (χ0v) is 6.81. The van der Waals surface area contributed by atoms with E-state index in [0.717, 1.165) is 0 Å². The lowest BCUT2D eigenvalue weighted by molar-refractivity contribution is 0.263. The lowest BCUT2D eigenvalue weighted by Crippen LogP contribution is -2.14. The highest BCUT2D eigenvalue weighted by Crippen LogP contribution is 2.38. The summed E-state index contributed by atoms with van der Waals surface area (Å²) in [5.41, 5.74) is 5.60. The van der Waals surface area contributed by atoms with Gasteiger partial charge in [-0.15, -0.1) is 0 Å². The van der Waals surface area contributed by atoms with Crippen molar-refractivity contribution in [1.82, 2.24) is 0 Å². The average molecular weight is 185 g/mol. The summed E-state index contributed by atoms with van der Waals surface area (Å²) >= 11 is 0. The van der Waals surface area contributed by atoms with Crippen LogP contribution in [0.25, 0.3) is 0 Å². The molecule has 13 heavy (non-hydrogen) atoms. The number of aliphatic hydroxyl groups is 1. The van der Waals surface area contributed by atoms with Gasteiger partial charge in [-0.1, -0.05) is 0 Å². The predicted molar refractivity (Wildman–Crippen MR) is 45.5 cm³/mol. The minimum absolute atomic E-state index is 0.192. The van der Waals surface area contributed by atoms with Crippen molar-refractivity contribution in [2.45, 2.75) is 6.04 Å². The molecule has 0 saturated heterocycles. The van der Waals surface area contributed by atoms with E-state index >= 15 is 0 Å². The number of hydrogen-bond acceptors (Lipinski definition) is 5. The van der Waals surface area contributed by atoms with E-state index < -0.39 is 23.3 Å². The van der Waals surface area contributed by atoms with Crippen molar-refractivity contribution in [3.8, 4) is 17.2 Å². The van der Waals surface area contributed by atoms with Crippen molar-refractivity contribution in [3.63, 3.8) is 0 Å². The quantitative estimate of drug-likeness (QED) is 0.410. The van der Waals surface area contributed by atoms with Crippen LogP contribution in [0.5, 0.6) is 17.2 Å². The molecule has 1 rings (SSSR count). The number of rotatable bonds is 2. The molecule has 1 aromatic rings. The summed E-state index contributed by atoms with van der Waals surface area (Å²) in [7, 11) is 0. The highest BCUT2D eigenvalue weighted by Gasteiger charge is 2.15. The van der Waals surface area contributed by atoms with Gasteiger partial charge in [-0.25, -0.2) is 0 Å². The molecule has 0 aliphatic heterocycles. The van der Waals surface area contributed by atoms with E-state index in [9.17, 15) is 5.11 Å². The number of benzene rings is 1. The molecule has 72 valence electrons. The molecule has 5 heteroatoms. The molecule has 1 atom stereocenters. The Hall–Kier alpha value is -1.46. The molecule has 0 radical (unpaired) electrons. The predicted octanol–water partition coefficient (Wildman–Crippen LogP) is -0.205. The van der Waals surface area contributed by atoms with Gasteiger partial charge < -0.3 is 26.2 Å². The first-order valence-corrected chi connectivity index (χ1v) is 3.68. The second-order valence-corrected chi connectivity index (χ2v) is 2.66. The molecule has 0 heterocycles. The van der Waals surface area contributed by atoms with Crippen LogP contribution < -0.4 is 5.73 Å². The third-order valence-corrected chi connectivity index (χ3v) is 1.76. The Morgan fingerprint density at radius 2 is 1.77 bits per heavy atom. The highest BCUT2D eigenvalue weighted by molar-refractivity contribution is 5.54. The van der Waals surface area contributed by atoms with Gasteiger partial charge in [0.1, 0.15) is 0 Å². The number of phenols is 3. The number of aromatic hydroxyl groups is 3. The van der Waals surface area contributed by atoms with Crippen LogP contribution in [0.1, 0.15) is 11.6 Å². The van der Waals surface area contributed by atoms with Crippen LogP contribution in [-0.4, -0.2) is 27.0 Å². The van der Waals surface area contributed by atoms with Gasteiger partial charge in [-0.3, -0.25) is 0 Å². The first-order valence-electron chi connectivity index (χ1n) is 3.68. The number of aliphatic hydroxyl groups excluding tert-OH is 1. The molecule has 0 amide bonds. The van der Waals surface area contributed by atoms with Gasteiger partial charge in [0.15, 0.2) is 11.5 Å². The Labute approximate surface area is 74.7 Å². The van der Waals surface area contributed by atoms with Gasteiger partial charge in [0.05, 0.1) is 12.6 Å². The summed E-state index contributed by atoms with van der Waals surface area (Å²) in [6.45, 7) is -0.349. The molecule has 0 aliphatic carbocycles. The Bertz CT molecular complexity index is 313. The molecule has 0 aliphatic rings. The Morgan fingerprint density at radius 1 is 1.15 bits per heavy atom. The molecule has 0 spiro atoms. The molecule has 5 nitrogen and oxygen atoms in total. The van der Waals surface area contributed by atoms with E-state index in [1.165, 1.54) is 12.1 Å². The van der Waals surface area contributed by atoms with Crippen LogP contribution in [0.3, 0.4) is 0 Å². The third kappa shape index (κ3) is 1.66. The number of hydrogen-bond donors (Lipinski definition) is 5. The summed E-state index contributed by atoms with van der Waals surface area (Å²) < 4.78 is 0. The number of nitrogens with two attached hydrogens (primary N) is 1. The zero-order chi connectivity index (χ0) is 10.0. The number of phenolic OH excluding ortho intramolecular Hbond substituents is 3. The van der Waals surface area contributed by atoms with Crippen LogP contribution in [0.4, 0.5) is 0 Å². The summed E-state index contributed by atoms with van der Waals surface area (Å²) in [4.78, 5) is 0. The van der Waals surface area contributed by atoms with E-state index in [4.69, 9.17) is 21.1 Å². The van der Waals surface area contributed by atoms with Crippen molar-refractivity contribution in [2.75, 3.05) is 6.61 Å². The van der Waals surface area contributed by atoms with E-state index in [2.05, 4.69) is 0 Å². The SMILES string of the molecule is N[C@H](CO)c1ccc(O)c(O)c1O. The Morgan fingerprint density at radius 3 is 2.31 bits per heavy atom. The largest absolute Gasteiger partial charge is 0.504 e. The molecule has 1 aromatic carbocycles. The maximum absolute atomic E-state index is 9.28. The summed E-state index contributed by atoms with van der Waals surface area (Å²) in [5.74, 6) is -1.55. The van der Waals surface area contributed by atoms with Gasteiger partial charge in [0, 0.05) is 5.56 Å². The molecule has 0 fully saturated rings. The zero-order valence-electron chi connectivity index (χ0n) is 6.81. The Kier molecular flexibility index (Phi) is 2.60. The summed E-state index contributed by atoms with van der Waals surface area (Å²) in [6, 6.07) is 1.76. The lowest BCUT2D eigenvalue weighted by atomic mass is 10.1. The van der Waals surface area contributed by atoms with Gasteiger partial charge in [0.25, 0.3) is 0 Å². The van der Waals surface area contributed by atoms with Crippen LogP contribution in [0, 0.1) is 0 Å². The maximum Gasteiger partial charge on any atom is 0.200 e. The van der Waals surface area contributed by atoms with E-state index in [1.807, 2.05) is 0 Å². The fraction of sp³-hybridized carbons (Fsp3) is 0.250. The smallest absolute Gasteiger partial charge is 0.200 e. The van der Waals surface area contributed by atoms with Gasteiger partial charge in [-0.05, 0) is 12.1 Å². The van der Waals surface area contributed by atoms with Gasteiger partial charge in [-0.2, -0.15) is 0 Å². The second-order valence-electron chi connectivity index (χ2n) is 2.66. The van der Waals surface area contributed by atoms with Gasteiger partial charge >= 0.3 is 0 Å². The van der Waals surface area contributed by atoms with Crippen LogP contribution >= 0.6 is 0 Å². The average Bonchev–Trinajstić information content (AvgIpc) is 2.13. The van der Waals surface area contributed by atoms with Crippen LogP contribution in [0.15, 0.2) is 12.1 Å². The normalized spacial score (nSPS) is 12.8. The fourth-order valence-electron chi connectivity index (χ4n) is 0.982. The fourth-order valence-corrected chi connectivity index (χ4v) is 0.982. The lowest BCUT2D eigenvalue weighted by Gasteiger charge is -2.11. The van der Waals surface area contributed by atoms with Crippen LogP contribution in [-0.2, 0) is 0 Å². The van der Waals surface area contributed by atoms with E-state index in [-0.39, 0.29) is 12.2 Å². The molecule has 0 aromatic heterocycles. The first kappa shape index (κ1) is 9.63. The molecule has 0 bridgehead atoms. The van der Waals surface area contributed by atoms with Crippen LogP contribution in [0.2, 0.25) is 0 Å². The minimum atomic E-state index is -0.772.